The fourth-order valence-corrected chi connectivity index (χ4v) is 2.19. The third-order valence-corrected chi connectivity index (χ3v) is 2.96. The van der Waals surface area contributed by atoms with Gasteiger partial charge in [0.05, 0.1) is 12.7 Å². The van der Waals surface area contributed by atoms with Crippen LogP contribution >= 0.6 is 11.6 Å². The molecule has 1 fully saturated rings. The molecule has 0 aliphatic carbocycles. The molecular weight excluding hydrogens is 242 g/mol. The zero-order valence-corrected chi connectivity index (χ0v) is 10.1. The average Bonchev–Trinajstić information content (AvgIpc) is 2.75. The number of fused-ring (bicyclic) bond motifs is 1. The second kappa shape index (κ2) is 4.12. The van der Waals surface area contributed by atoms with E-state index in [2.05, 4.69) is 20.0 Å². The van der Waals surface area contributed by atoms with Gasteiger partial charge < -0.3 is 9.64 Å². The standard InChI is InChI=1S/C10H12ClN5O/c1-7-5-15(2-3-17-7)9-4-8(11)14-10-12-6-13-16(9)10/h4,6-7H,2-3,5H2,1H3. The lowest BCUT2D eigenvalue weighted by Crippen LogP contribution is -2.42. The van der Waals surface area contributed by atoms with E-state index in [0.717, 1.165) is 18.9 Å². The molecular formula is C10H12ClN5O. The van der Waals surface area contributed by atoms with Crippen LogP contribution in [0.2, 0.25) is 5.15 Å². The normalized spacial score (nSPS) is 21.1. The van der Waals surface area contributed by atoms with Crippen molar-refractivity contribution in [1.29, 1.82) is 0 Å². The summed E-state index contributed by atoms with van der Waals surface area (Å²) in [5, 5.41) is 4.59. The number of anilines is 1. The molecule has 0 radical (unpaired) electrons. The van der Waals surface area contributed by atoms with E-state index < -0.39 is 0 Å². The third kappa shape index (κ3) is 1.94. The van der Waals surface area contributed by atoms with Crippen molar-refractivity contribution >= 4 is 23.2 Å². The Bertz CT molecular complexity index is 542. The largest absolute Gasteiger partial charge is 0.375 e. The van der Waals surface area contributed by atoms with Crippen molar-refractivity contribution in [1.82, 2.24) is 19.6 Å². The van der Waals surface area contributed by atoms with Gasteiger partial charge >= 0.3 is 0 Å². The van der Waals surface area contributed by atoms with E-state index in [0.29, 0.717) is 17.5 Å². The van der Waals surface area contributed by atoms with E-state index >= 15 is 0 Å². The summed E-state index contributed by atoms with van der Waals surface area (Å²) >= 11 is 5.99. The molecule has 0 N–H and O–H groups in total. The molecule has 6 nitrogen and oxygen atoms in total. The van der Waals surface area contributed by atoms with Crippen molar-refractivity contribution in [2.45, 2.75) is 13.0 Å². The second-order valence-electron chi connectivity index (χ2n) is 4.04. The zero-order valence-electron chi connectivity index (χ0n) is 9.38. The first-order valence-electron chi connectivity index (χ1n) is 5.47. The molecule has 1 aliphatic heterocycles. The van der Waals surface area contributed by atoms with Crippen molar-refractivity contribution in [2.24, 2.45) is 0 Å². The molecule has 2 aromatic rings. The van der Waals surface area contributed by atoms with Gasteiger partial charge in [0.1, 0.15) is 17.3 Å². The summed E-state index contributed by atoms with van der Waals surface area (Å²) in [5.41, 5.74) is 0. The Hall–Kier alpha value is -1.40. The van der Waals surface area contributed by atoms with E-state index in [9.17, 15) is 0 Å². The number of nitrogens with zero attached hydrogens (tertiary/aromatic N) is 5. The molecule has 3 rings (SSSR count). The van der Waals surface area contributed by atoms with Gasteiger partial charge in [-0.25, -0.2) is 0 Å². The van der Waals surface area contributed by atoms with Crippen LogP contribution in [-0.4, -0.2) is 45.4 Å². The summed E-state index contributed by atoms with van der Waals surface area (Å²) in [6.45, 7) is 4.39. The van der Waals surface area contributed by atoms with Gasteiger partial charge in [-0.15, -0.1) is 0 Å². The first kappa shape index (κ1) is 10.7. The Morgan fingerprint density at radius 2 is 2.41 bits per heavy atom. The molecule has 7 heteroatoms. The second-order valence-corrected chi connectivity index (χ2v) is 4.42. The molecule has 0 bridgehead atoms. The highest BCUT2D eigenvalue weighted by Crippen LogP contribution is 2.20. The summed E-state index contributed by atoms with van der Waals surface area (Å²) in [6, 6.07) is 1.81. The molecule has 0 aromatic carbocycles. The molecule has 1 aliphatic rings. The van der Waals surface area contributed by atoms with Crippen LogP contribution in [-0.2, 0) is 4.74 Å². The minimum absolute atomic E-state index is 0.203. The number of ether oxygens (including phenoxy) is 1. The Morgan fingerprint density at radius 3 is 3.24 bits per heavy atom. The van der Waals surface area contributed by atoms with Gasteiger partial charge in [0.15, 0.2) is 0 Å². The van der Waals surface area contributed by atoms with Gasteiger partial charge in [-0.3, -0.25) is 0 Å². The molecule has 1 saturated heterocycles. The summed E-state index contributed by atoms with van der Waals surface area (Å²) in [4.78, 5) is 10.3. The SMILES string of the molecule is CC1CN(c2cc(Cl)nc3ncnn23)CCO1. The predicted molar refractivity (Wildman–Crippen MR) is 63.4 cm³/mol. The Labute approximate surface area is 103 Å². The molecule has 2 aromatic heterocycles. The number of hydrogen-bond acceptors (Lipinski definition) is 5. The van der Waals surface area contributed by atoms with Gasteiger partial charge in [0.2, 0.25) is 0 Å². The number of morpholine rings is 1. The number of rotatable bonds is 1. The summed E-state index contributed by atoms with van der Waals surface area (Å²) in [6.07, 6.45) is 1.68. The van der Waals surface area contributed by atoms with E-state index in [1.165, 1.54) is 6.33 Å². The fraction of sp³-hybridized carbons (Fsp3) is 0.500. The van der Waals surface area contributed by atoms with Crippen LogP contribution in [0.1, 0.15) is 6.92 Å². The van der Waals surface area contributed by atoms with Crippen LogP contribution in [0, 0.1) is 0 Å². The molecule has 90 valence electrons. The maximum atomic E-state index is 5.99. The Morgan fingerprint density at radius 1 is 1.53 bits per heavy atom. The molecule has 0 spiro atoms. The lowest BCUT2D eigenvalue weighted by molar-refractivity contribution is 0.0528. The predicted octanol–water partition coefficient (Wildman–Crippen LogP) is 1.00. The first-order chi connectivity index (χ1) is 8.24. The quantitative estimate of drug-likeness (QED) is 0.710. The van der Waals surface area contributed by atoms with Gasteiger partial charge in [-0.2, -0.15) is 19.6 Å². The topological polar surface area (TPSA) is 55.6 Å². The van der Waals surface area contributed by atoms with Gasteiger partial charge in [-0.05, 0) is 6.92 Å². The monoisotopic (exact) mass is 253 g/mol. The van der Waals surface area contributed by atoms with Crippen molar-refractivity contribution in [3.8, 4) is 0 Å². The lowest BCUT2D eigenvalue weighted by Gasteiger charge is -2.32. The van der Waals surface area contributed by atoms with Crippen LogP contribution in [0.15, 0.2) is 12.4 Å². The first-order valence-corrected chi connectivity index (χ1v) is 5.84. The number of halogens is 1. The van der Waals surface area contributed by atoms with Crippen molar-refractivity contribution in [2.75, 3.05) is 24.6 Å². The van der Waals surface area contributed by atoms with Crippen molar-refractivity contribution in [3.63, 3.8) is 0 Å². The highest BCUT2D eigenvalue weighted by molar-refractivity contribution is 6.29. The van der Waals surface area contributed by atoms with Crippen LogP contribution in [0.3, 0.4) is 0 Å². The van der Waals surface area contributed by atoms with Gasteiger partial charge in [0.25, 0.3) is 5.78 Å². The average molecular weight is 254 g/mol. The van der Waals surface area contributed by atoms with Crippen LogP contribution in [0.5, 0.6) is 0 Å². The minimum Gasteiger partial charge on any atom is -0.375 e. The third-order valence-electron chi connectivity index (χ3n) is 2.77. The zero-order chi connectivity index (χ0) is 11.8. The van der Waals surface area contributed by atoms with Crippen molar-refractivity contribution < 1.29 is 4.74 Å². The molecule has 3 heterocycles. The van der Waals surface area contributed by atoms with Crippen LogP contribution in [0.25, 0.3) is 5.78 Å². The maximum absolute atomic E-state index is 5.99. The summed E-state index contributed by atoms with van der Waals surface area (Å²) < 4.78 is 7.22. The van der Waals surface area contributed by atoms with E-state index in [1.807, 2.05) is 6.92 Å². The van der Waals surface area contributed by atoms with E-state index in [4.69, 9.17) is 16.3 Å². The van der Waals surface area contributed by atoms with Crippen LogP contribution in [0.4, 0.5) is 5.82 Å². The Kier molecular flexibility index (Phi) is 2.60. The lowest BCUT2D eigenvalue weighted by atomic mass is 10.3. The van der Waals surface area contributed by atoms with Gasteiger partial charge in [-0.1, -0.05) is 11.6 Å². The molecule has 17 heavy (non-hydrogen) atoms. The summed E-state index contributed by atoms with van der Waals surface area (Å²) in [7, 11) is 0. The fourth-order valence-electron chi connectivity index (χ4n) is 2.02. The smallest absolute Gasteiger partial charge is 0.255 e. The molecule has 1 unspecified atom stereocenters. The maximum Gasteiger partial charge on any atom is 0.255 e. The molecule has 1 atom stereocenters. The van der Waals surface area contributed by atoms with Crippen molar-refractivity contribution in [3.05, 3.63) is 17.5 Å². The van der Waals surface area contributed by atoms with Crippen LogP contribution < -0.4 is 4.90 Å². The van der Waals surface area contributed by atoms with E-state index in [-0.39, 0.29) is 6.10 Å². The number of aromatic nitrogens is 4. The number of hydrogen-bond donors (Lipinski definition) is 0. The summed E-state index contributed by atoms with van der Waals surface area (Å²) in [5.74, 6) is 1.43. The highest BCUT2D eigenvalue weighted by Gasteiger charge is 2.20. The minimum atomic E-state index is 0.203. The molecule has 0 amide bonds. The van der Waals surface area contributed by atoms with E-state index in [1.54, 1.807) is 10.6 Å². The van der Waals surface area contributed by atoms with Gasteiger partial charge in [0, 0.05) is 19.2 Å². The Balaban J connectivity index is 2.06. The molecule has 0 saturated carbocycles. The highest BCUT2D eigenvalue weighted by atomic mass is 35.5.